The van der Waals surface area contributed by atoms with Gasteiger partial charge in [0.15, 0.2) is 5.82 Å². The van der Waals surface area contributed by atoms with Crippen LogP contribution in [-0.2, 0) is 19.4 Å². The Bertz CT molecular complexity index is 584. The van der Waals surface area contributed by atoms with Gasteiger partial charge in [0, 0.05) is 29.9 Å². The second-order valence-electron chi connectivity index (χ2n) is 5.19. The lowest BCUT2D eigenvalue weighted by atomic mass is 10.0. The molecule has 5 heteroatoms. The quantitative estimate of drug-likeness (QED) is 0.921. The molecule has 0 aromatic carbocycles. The molecule has 1 N–H and O–H groups in total. The highest BCUT2D eigenvalue weighted by atomic mass is 16.5. The molecule has 19 heavy (non-hydrogen) atoms. The highest BCUT2D eigenvalue weighted by Crippen LogP contribution is 2.29. The molecule has 3 rings (SSSR count). The Labute approximate surface area is 113 Å². The molecule has 0 saturated heterocycles. The van der Waals surface area contributed by atoms with Crippen molar-refractivity contribution in [2.75, 3.05) is 11.4 Å². The molecule has 0 amide bonds. The number of hydrogen-bond acceptors (Lipinski definition) is 4. The van der Waals surface area contributed by atoms with E-state index in [1.807, 2.05) is 6.92 Å². The summed E-state index contributed by atoms with van der Waals surface area (Å²) in [6, 6.07) is 0. The number of fused-ring (bicyclic) bond motifs is 1. The molecule has 0 fully saturated rings. The molecule has 0 saturated carbocycles. The van der Waals surface area contributed by atoms with Gasteiger partial charge in [-0.2, -0.15) is 5.10 Å². The van der Waals surface area contributed by atoms with E-state index in [0.29, 0.717) is 0 Å². The standard InChI is InChI=1S/C14H20N4O/c1-4-13-12(10(3)19-17-13)8-18-7-5-6-11-9(2)15-16-14(11)18/h4-8H2,1-3H3,(H,15,16). The Morgan fingerprint density at radius 1 is 1.37 bits per heavy atom. The maximum Gasteiger partial charge on any atom is 0.154 e. The van der Waals surface area contributed by atoms with Crippen LogP contribution in [0.2, 0.25) is 0 Å². The van der Waals surface area contributed by atoms with Gasteiger partial charge in [0.1, 0.15) is 5.76 Å². The molecule has 2 aromatic rings. The number of aromatic nitrogens is 3. The third-order valence-corrected chi connectivity index (χ3v) is 3.96. The van der Waals surface area contributed by atoms with Crippen LogP contribution in [0.1, 0.15) is 41.6 Å². The van der Waals surface area contributed by atoms with E-state index in [-0.39, 0.29) is 0 Å². The Balaban J connectivity index is 1.90. The first-order valence-corrected chi connectivity index (χ1v) is 6.93. The summed E-state index contributed by atoms with van der Waals surface area (Å²) in [6.07, 6.45) is 3.21. The minimum Gasteiger partial charge on any atom is -0.361 e. The number of anilines is 1. The highest BCUT2D eigenvalue weighted by molar-refractivity contribution is 5.51. The van der Waals surface area contributed by atoms with Crippen LogP contribution in [0.3, 0.4) is 0 Å². The maximum absolute atomic E-state index is 5.32. The summed E-state index contributed by atoms with van der Waals surface area (Å²) in [6.45, 7) is 8.08. The van der Waals surface area contributed by atoms with Gasteiger partial charge in [0.05, 0.1) is 5.69 Å². The minimum absolute atomic E-state index is 0.843. The first-order valence-electron chi connectivity index (χ1n) is 6.93. The number of rotatable bonds is 3. The van der Waals surface area contributed by atoms with E-state index < -0.39 is 0 Å². The van der Waals surface area contributed by atoms with Crippen LogP contribution in [0.25, 0.3) is 0 Å². The Kier molecular flexibility index (Phi) is 3.05. The highest BCUT2D eigenvalue weighted by Gasteiger charge is 2.24. The number of aromatic amines is 1. The van der Waals surface area contributed by atoms with Crippen LogP contribution in [-0.4, -0.2) is 21.9 Å². The summed E-state index contributed by atoms with van der Waals surface area (Å²) >= 11 is 0. The lowest BCUT2D eigenvalue weighted by molar-refractivity contribution is 0.390. The van der Waals surface area contributed by atoms with Gasteiger partial charge in [-0.05, 0) is 33.1 Å². The number of hydrogen-bond donors (Lipinski definition) is 1. The monoisotopic (exact) mass is 260 g/mol. The average Bonchev–Trinajstić information content (AvgIpc) is 2.96. The van der Waals surface area contributed by atoms with Crippen molar-refractivity contribution < 1.29 is 4.52 Å². The second-order valence-corrected chi connectivity index (χ2v) is 5.19. The molecular formula is C14H20N4O. The largest absolute Gasteiger partial charge is 0.361 e. The predicted molar refractivity (Wildman–Crippen MR) is 73.3 cm³/mol. The van der Waals surface area contributed by atoms with E-state index >= 15 is 0 Å². The third kappa shape index (κ3) is 2.03. The van der Waals surface area contributed by atoms with Crippen LogP contribution < -0.4 is 4.90 Å². The first-order chi connectivity index (χ1) is 9.20. The van der Waals surface area contributed by atoms with E-state index in [9.17, 15) is 0 Å². The molecular weight excluding hydrogens is 240 g/mol. The number of nitrogens with one attached hydrogen (secondary N) is 1. The SMILES string of the molecule is CCc1noc(C)c1CN1CCCc2c1n[nH]c2C. The average molecular weight is 260 g/mol. The smallest absolute Gasteiger partial charge is 0.154 e. The number of H-pyrrole nitrogens is 1. The van der Waals surface area contributed by atoms with Crippen LogP contribution >= 0.6 is 0 Å². The van der Waals surface area contributed by atoms with Gasteiger partial charge < -0.3 is 9.42 Å². The van der Waals surface area contributed by atoms with Crippen molar-refractivity contribution in [1.29, 1.82) is 0 Å². The van der Waals surface area contributed by atoms with E-state index in [2.05, 4.69) is 34.1 Å². The Morgan fingerprint density at radius 3 is 3.00 bits per heavy atom. The maximum atomic E-state index is 5.32. The van der Waals surface area contributed by atoms with Crippen molar-refractivity contribution in [1.82, 2.24) is 15.4 Å². The zero-order valence-corrected chi connectivity index (χ0v) is 11.8. The van der Waals surface area contributed by atoms with Crippen LogP contribution in [0.4, 0.5) is 5.82 Å². The van der Waals surface area contributed by atoms with Gasteiger partial charge in [-0.1, -0.05) is 12.1 Å². The first kappa shape index (κ1) is 12.3. The molecule has 0 atom stereocenters. The lowest BCUT2D eigenvalue weighted by Crippen LogP contribution is -2.29. The van der Waals surface area contributed by atoms with Crippen LogP contribution in [0.5, 0.6) is 0 Å². The molecule has 5 nitrogen and oxygen atoms in total. The van der Waals surface area contributed by atoms with Crippen molar-refractivity contribution in [3.8, 4) is 0 Å². The van der Waals surface area contributed by atoms with Crippen LogP contribution in [0.15, 0.2) is 4.52 Å². The van der Waals surface area contributed by atoms with Gasteiger partial charge in [0.2, 0.25) is 0 Å². The molecule has 0 spiro atoms. The van der Waals surface area contributed by atoms with Gasteiger partial charge in [-0.25, -0.2) is 0 Å². The van der Waals surface area contributed by atoms with Crippen molar-refractivity contribution in [2.24, 2.45) is 0 Å². The normalized spacial score (nSPS) is 14.8. The van der Waals surface area contributed by atoms with Gasteiger partial charge in [-0.15, -0.1) is 0 Å². The van der Waals surface area contributed by atoms with E-state index in [1.165, 1.54) is 23.2 Å². The summed E-state index contributed by atoms with van der Waals surface area (Å²) in [5.41, 5.74) is 4.84. The van der Waals surface area contributed by atoms with Crippen molar-refractivity contribution in [2.45, 2.75) is 46.6 Å². The molecule has 0 aliphatic carbocycles. The zero-order chi connectivity index (χ0) is 13.4. The summed E-state index contributed by atoms with van der Waals surface area (Å²) in [7, 11) is 0. The molecule has 3 heterocycles. The second kappa shape index (κ2) is 4.72. The van der Waals surface area contributed by atoms with E-state index in [1.54, 1.807) is 0 Å². The summed E-state index contributed by atoms with van der Waals surface area (Å²) < 4.78 is 5.32. The van der Waals surface area contributed by atoms with Crippen LogP contribution in [0, 0.1) is 13.8 Å². The molecule has 102 valence electrons. The Morgan fingerprint density at radius 2 is 2.21 bits per heavy atom. The topological polar surface area (TPSA) is 58.0 Å². The Hall–Kier alpha value is -1.78. The van der Waals surface area contributed by atoms with Gasteiger partial charge >= 0.3 is 0 Å². The summed E-state index contributed by atoms with van der Waals surface area (Å²) in [5, 5.41) is 11.7. The molecule has 1 aliphatic heterocycles. The van der Waals surface area contributed by atoms with E-state index in [0.717, 1.165) is 43.2 Å². The molecule has 0 bridgehead atoms. The fourth-order valence-corrected chi connectivity index (χ4v) is 2.82. The number of aryl methyl sites for hydroxylation is 3. The van der Waals surface area contributed by atoms with Crippen molar-refractivity contribution in [3.05, 3.63) is 28.3 Å². The molecule has 2 aromatic heterocycles. The zero-order valence-electron chi connectivity index (χ0n) is 11.8. The fraction of sp³-hybridized carbons (Fsp3) is 0.571. The summed E-state index contributed by atoms with van der Waals surface area (Å²) in [5.74, 6) is 2.03. The minimum atomic E-state index is 0.843. The molecule has 0 unspecified atom stereocenters. The third-order valence-electron chi connectivity index (χ3n) is 3.96. The fourth-order valence-electron chi connectivity index (χ4n) is 2.82. The van der Waals surface area contributed by atoms with Gasteiger partial charge in [-0.3, -0.25) is 5.10 Å². The molecule has 1 aliphatic rings. The molecule has 0 radical (unpaired) electrons. The van der Waals surface area contributed by atoms with Crippen molar-refractivity contribution >= 4 is 5.82 Å². The number of nitrogens with zero attached hydrogens (tertiary/aromatic N) is 3. The lowest BCUT2D eigenvalue weighted by Gasteiger charge is -2.27. The summed E-state index contributed by atoms with van der Waals surface area (Å²) in [4.78, 5) is 2.33. The van der Waals surface area contributed by atoms with Gasteiger partial charge in [0.25, 0.3) is 0 Å². The predicted octanol–water partition coefficient (Wildman–Crippen LogP) is 2.53. The van der Waals surface area contributed by atoms with E-state index in [4.69, 9.17) is 4.52 Å². The van der Waals surface area contributed by atoms with Crippen molar-refractivity contribution in [3.63, 3.8) is 0 Å².